The first-order valence-electron chi connectivity index (χ1n) is 8.07. The van der Waals surface area contributed by atoms with Crippen LogP contribution in [0.5, 0.6) is 5.75 Å². The van der Waals surface area contributed by atoms with Gasteiger partial charge in [0.05, 0.1) is 12.8 Å². The van der Waals surface area contributed by atoms with Gasteiger partial charge in [-0.05, 0) is 48.4 Å². The highest BCUT2D eigenvalue weighted by Crippen LogP contribution is 2.11. The summed E-state index contributed by atoms with van der Waals surface area (Å²) in [5.74, 6) is -0.0791. The number of nitrogens with zero attached hydrogens (tertiary/aromatic N) is 1. The summed E-state index contributed by atoms with van der Waals surface area (Å²) in [6.45, 7) is 2.72. The molecule has 6 heteroatoms. The van der Waals surface area contributed by atoms with Crippen molar-refractivity contribution in [1.82, 2.24) is 5.43 Å². The molecular weight excluding hydrogens is 318 g/mol. The fourth-order valence-electron chi connectivity index (χ4n) is 1.96. The topological polar surface area (TPSA) is 79.8 Å². The highest BCUT2D eigenvalue weighted by molar-refractivity contribution is 6.03. The number of rotatable bonds is 8. The Labute approximate surface area is 146 Å². The minimum atomic E-state index is -0.479. The summed E-state index contributed by atoms with van der Waals surface area (Å²) in [6.07, 6.45) is 2.17. The standard InChI is InChI=1S/C19H21N3O3/c1-2-12-25-17-10-8-15(9-11-17)14-20-22-19(24)13-18(23)21-16-6-4-3-5-7-16/h3-11,14H,2,12-13H2,1H3,(H,21,23)(H,22,24). The predicted molar refractivity (Wildman–Crippen MR) is 97.7 cm³/mol. The lowest BCUT2D eigenvalue weighted by molar-refractivity contribution is -0.126. The Kier molecular flexibility index (Phi) is 7.18. The number of carbonyl (C=O) groups is 2. The molecule has 2 aromatic carbocycles. The molecule has 0 aromatic heterocycles. The average Bonchev–Trinajstić information content (AvgIpc) is 2.61. The second-order valence-electron chi connectivity index (χ2n) is 5.30. The minimum Gasteiger partial charge on any atom is -0.494 e. The Morgan fingerprint density at radius 3 is 2.44 bits per heavy atom. The predicted octanol–water partition coefficient (Wildman–Crippen LogP) is 2.95. The Hall–Kier alpha value is -3.15. The molecule has 0 saturated heterocycles. The summed E-state index contributed by atoms with van der Waals surface area (Å²) in [7, 11) is 0. The van der Waals surface area contributed by atoms with E-state index in [-0.39, 0.29) is 6.42 Å². The zero-order valence-electron chi connectivity index (χ0n) is 14.1. The third kappa shape index (κ3) is 6.87. The van der Waals surface area contributed by atoms with E-state index in [0.29, 0.717) is 12.3 Å². The van der Waals surface area contributed by atoms with Gasteiger partial charge in [-0.1, -0.05) is 25.1 Å². The van der Waals surface area contributed by atoms with E-state index in [1.165, 1.54) is 6.21 Å². The van der Waals surface area contributed by atoms with Crippen LogP contribution in [0.4, 0.5) is 5.69 Å². The maximum atomic E-state index is 11.7. The number of ether oxygens (including phenoxy) is 1. The maximum Gasteiger partial charge on any atom is 0.249 e. The van der Waals surface area contributed by atoms with Gasteiger partial charge in [0.15, 0.2) is 0 Å². The third-order valence-corrected chi connectivity index (χ3v) is 3.13. The molecule has 130 valence electrons. The average molecular weight is 339 g/mol. The van der Waals surface area contributed by atoms with Gasteiger partial charge in [0, 0.05) is 5.69 Å². The van der Waals surface area contributed by atoms with Gasteiger partial charge in [-0.25, -0.2) is 5.43 Å². The molecule has 0 fully saturated rings. The first-order valence-corrected chi connectivity index (χ1v) is 8.07. The second-order valence-corrected chi connectivity index (χ2v) is 5.30. The molecular formula is C19H21N3O3. The number of anilines is 1. The molecule has 2 rings (SSSR count). The monoisotopic (exact) mass is 339 g/mol. The third-order valence-electron chi connectivity index (χ3n) is 3.13. The van der Waals surface area contributed by atoms with Crippen LogP contribution in [0.25, 0.3) is 0 Å². The van der Waals surface area contributed by atoms with Crippen molar-refractivity contribution in [2.24, 2.45) is 5.10 Å². The Morgan fingerprint density at radius 1 is 1.04 bits per heavy atom. The molecule has 0 heterocycles. The maximum absolute atomic E-state index is 11.7. The lowest BCUT2D eigenvalue weighted by Crippen LogP contribution is -2.24. The number of benzene rings is 2. The highest BCUT2D eigenvalue weighted by atomic mass is 16.5. The lowest BCUT2D eigenvalue weighted by atomic mass is 10.2. The first kappa shape index (κ1) is 18.2. The molecule has 0 aliphatic heterocycles. The molecule has 0 unspecified atom stereocenters. The van der Waals surface area contributed by atoms with E-state index in [1.807, 2.05) is 37.3 Å². The summed E-state index contributed by atoms with van der Waals surface area (Å²) in [6, 6.07) is 16.3. The Bertz CT molecular complexity index is 712. The number of hydrogen-bond donors (Lipinski definition) is 2. The van der Waals surface area contributed by atoms with Gasteiger partial charge in [0.2, 0.25) is 11.8 Å². The molecule has 2 N–H and O–H groups in total. The molecule has 0 saturated carbocycles. The summed E-state index contributed by atoms with van der Waals surface area (Å²) < 4.78 is 5.49. The van der Waals surface area contributed by atoms with Crippen molar-refractivity contribution in [3.8, 4) is 5.75 Å². The van der Waals surface area contributed by atoms with Crippen molar-refractivity contribution in [3.63, 3.8) is 0 Å². The summed E-state index contributed by atoms with van der Waals surface area (Å²) in [5, 5.41) is 6.49. The van der Waals surface area contributed by atoms with Gasteiger partial charge in [0.25, 0.3) is 0 Å². The summed E-state index contributed by atoms with van der Waals surface area (Å²) in [5.41, 5.74) is 3.80. The molecule has 0 spiro atoms. The second kappa shape index (κ2) is 9.87. The van der Waals surface area contributed by atoms with E-state index >= 15 is 0 Å². The van der Waals surface area contributed by atoms with Crippen LogP contribution in [0.2, 0.25) is 0 Å². The van der Waals surface area contributed by atoms with Crippen LogP contribution in [-0.4, -0.2) is 24.6 Å². The van der Waals surface area contributed by atoms with Gasteiger partial charge in [-0.15, -0.1) is 0 Å². The lowest BCUT2D eigenvalue weighted by Gasteiger charge is -2.04. The van der Waals surface area contributed by atoms with Crippen molar-refractivity contribution in [2.45, 2.75) is 19.8 Å². The van der Waals surface area contributed by atoms with Crippen LogP contribution in [0.15, 0.2) is 59.7 Å². The number of nitrogens with one attached hydrogen (secondary N) is 2. The molecule has 2 amide bonds. The minimum absolute atomic E-state index is 0.296. The van der Waals surface area contributed by atoms with Crippen LogP contribution < -0.4 is 15.5 Å². The van der Waals surface area contributed by atoms with Gasteiger partial charge < -0.3 is 10.1 Å². The molecule has 0 aliphatic rings. The SMILES string of the molecule is CCCOc1ccc(C=NNC(=O)CC(=O)Nc2ccccc2)cc1. The number of carbonyl (C=O) groups excluding carboxylic acids is 2. The van der Waals surface area contributed by atoms with Gasteiger partial charge in [0.1, 0.15) is 12.2 Å². The zero-order valence-corrected chi connectivity index (χ0v) is 14.1. The highest BCUT2D eigenvalue weighted by Gasteiger charge is 2.08. The van der Waals surface area contributed by atoms with Crippen molar-refractivity contribution in [3.05, 3.63) is 60.2 Å². The number of hydrazone groups is 1. The van der Waals surface area contributed by atoms with E-state index in [2.05, 4.69) is 15.8 Å². The first-order chi connectivity index (χ1) is 12.2. The van der Waals surface area contributed by atoms with Crippen LogP contribution in [0.3, 0.4) is 0 Å². The molecule has 0 aliphatic carbocycles. The van der Waals surface area contributed by atoms with Crippen molar-refractivity contribution in [1.29, 1.82) is 0 Å². The quantitative estimate of drug-likeness (QED) is 0.441. The van der Waals surface area contributed by atoms with E-state index in [9.17, 15) is 9.59 Å². The normalized spacial score (nSPS) is 10.4. The fraction of sp³-hybridized carbons (Fsp3) is 0.211. The van der Waals surface area contributed by atoms with E-state index in [0.717, 1.165) is 17.7 Å². The Balaban J connectivity index is 1.75. The fourth-order valence-corrected chi connectivity index (χ4v) is 1.96. The van der Waals surface area contributed by atoms with Crippen LogP contribution in [0.1, 0.15) is 25.3 Å². The van der Waals surface area contributed by atoms with E-state index < -0.39 is 11.8 Å². The van der Waals surface area contributed by atoms with Crippen LogP contribution in [-0.2, 0) is 9.59 Å². The van der Waals surface area contributed by atoms with Crippen molar-refractivity contribution >= 4 is 23.7 Å². The molecule has 6 nitrogen and oxygen atoms in total. The number of hydrogen-bond acceptors (Lipinski definition) is 4. The molecule has 0 radical (unpaired) electrons. The van der Waals surface area contributed by atoms with Crippen LogP contribution in [0, 0.1) is 0 Å². The van der Waals surface area contributed by atoms with Gasteiger partial charge >= 0.3 is 0 Å². The molecule has 0 bridgehead atoms. The smallest absolute Gasteiger partial charge is 0.249 e. The van der Waals surface area contributed by atoms with Gasteiger partial charge in [-0.2, -0.15) is 5.10 Å². The summed E-state index contributed by atoms with van der Waals surface area (Å²) in [4.78, 5) is 23.4. The number of para-hydroxylation sites is 1. The molecule has 0 atom stereocenters. The van der Waals surface area contributed by atoms with Crippen molar-refractivity contribution in [2.75, 3.05) is 11.9 Å². The van der Waals surface area contributed by atoms with E-state index in [1.54, 1.807) is 24.3 Å². The molecule has 2 aromatic rings. The van der Waals surface area contributed by atoms with E-state index in [4.69, 9.17) is 4.74 Å². The van der Waals surface area contributed by atoms with Crippen LogP contribution >= 0.6 is 0 Å². The Morgan fingerprint density at radius 2 is 1.76 bits per heavy atom. The summed E-state index contributed by atoms with van der Waals surface area (Å²) >= 11 is 0. The molecule has 25 heavy (non-hydrogen) atoms. The largest absolute Gasteiger partial charge is 0.494 e. The van der Waals surface area contributed by atoms with Gasteiger partial charge in [-0.3, -0.25) is 9.59 Å². The zero-order chi connectivity index (χ0) is 17.9. The number of amides is 2. The van der Waals surface area contributed by atoms with Crippen molar-refractivity contribution < 1.29 is 14.3 Å².